The molecule has 0 fully saturated rings. The van der Waals surface area contributed by atoms with Crippen LogP contribution >= 0.6 is 0 Å². The second-order valence-corrected chi connectivity index (χ2v) is 38.1. The van der Waals surface area contributed by atoms with E-state index in [4.69, 9.17) is 0 Å². The molecule has 0 spiro atoms. The second kappa shape index (κ2) is 8.73. The van der Waals surface area contributed by atoms with Gasteiger partial charge in [0.05, 0.1) is 0 Å². The molecule has 0 nitrogen and oxygen atoms in total. The maximum atomic E-state index is 3.62. The van der Waals surface area contributed by atoms with Gasteiger partial charge in [0.15, 0.2) is 0 Å². The van der Waals surface area contributed by atoms with Crippen molar-refractivity contribution in [3.05, 3.63) is 0 Å². The molecule has 0 amide bonds. The SMILES string of the molecule is C[Si](C)(C)C#C[Si](C)(C)C#[C][Sn]([CH3])([CH3])[C]#C[Si](C)(C)C#C[Si](C)(C)C. The fourth-order valence-corrected chi connectivity index (χ4v) is 19.2. The van der Waals surface area contributed by atoms with Gasteiger partial charge in [-0.15, -0.1) is 0 Å². The van der Waals surface area contributed by atoms with Crippen LogP contribution < -0.4 is 0 Å². The molecule has 0 bridgehead atoms. The Balaban J connectivity index is 5.45. The zero-order chi connectivity index (χ0) is 20.2. The van der Waals surface area contributed by atoms with Crippen molar-refractivity contribution in [1.82, 2.24) is 0 Å². The molecular formula is C20H36Si4Sn. The third-order valence-electron chi connectivity index (χ3n) is 2.88. The van der Waals surface area contributed by atoms with Crippen LogP contribution in [0.25, 0.3) is 0 Å². The normalized spacial score (nSPS) is 12.3. The number of hydrogen-bond donors (Lipinski definition) is 0. The van der Waals surface area contributed by atoms with Gasteiger partial charge in [-0.2, -0.15) is 0 Å². The van der Waals surface area contributed by atoms with E-state index >= 15 is 0 Å². The zero-order valence-electron chi connectivity index (χ0n) is 18.5. The van der Waals surface area contributed by atoms with Gasteiger partial charge in [0.2, 0.25) is 0 Å². The molecule has 0 N–H and O–H groups in total. The Bertz CT molecular complexity index is 667. The van der Waals surface area contributed by atoms with E-state index in [0.717, 1.165) is 0 Å². The first-order valence-corrected chi connectivity index (χ1v) is 30.6. The molecule has 0 rings (SSSR count). The van der Waals surface area contributed by atoms with Crippen LogP contribution in [0.4, 0.5) is 0 Å². The molecule has 0 saturated heterocycles. The summed E-state index contributed by atoms with van der Waals surface area (Å²) >= 11 is -2.63. The van der Waals surface area contributed by atoms with Crippen LogP contribution in [0.5, 0.6) is 0 Å². The third-order valence-corrected chi connectivity index (χ3v) is 13.8. The van der Waals surface area contributed by atoms with Gasteiger partial charge < -0.3 is 0 Å². The van der Waals surface area contributed by atoms with Crippen LogP contribution in [0.15, 0.2) is 0 Å². The van der Waals surface area contributed by atoms with Crippen molar-refractivity contribution in [3.63, 3.8) is 0 Å². The number of rotatable bonds is 0. The van der Waals surface area contributed by atoms with Crippen molar-refractivity contribution >= 4 is 50.7 Å². The van der Waals surface area contributed by atoms with Gasteiger partial charge >= 0.3 is 167 Å². The van der Waals surface area contributed by atoms with Gasteiger partial charge in [-0.05, 0) is 0 Å². The Kier molecular flexibility index (Phi) is 8.70. The minimum absolute atomic E-state index is 1.32. The van der Waals surface area contributed by atoms with E-state index in [9.17, 15) is 0 Å². The van der Waals surface area contributed by atoms with Crippen LogP contribution in [0.3, 0.4) is 0 Å². The summed E-state index contributed by atoms with van der Waals surface area (Å²) in [5.74, 6) is 0. The van der Waals surface area contributed by atoms with Gasteiger partial charge in [-0.3, -0.25) is 0 Å². The Morgan fingerprint density at radius 1 is 0.440 bits per heavy atom. The first-order chi connectivity index (χ1) is 10.8. The fourth-order valence-electron chi connectivity index (χ4n) is 1.41. The molecular weight excluding hydrogens is 471 g/mol. The van der Waals surface area contributed by atoms with Crippen molar-refractivity contribution in [3.8, 4) is 41.1 Å². The molecule has 0 heterocycles. The Hall–Kier alpha value is -0.0938. The van der Waals surface area contributed by atoms with Crippen LogP contribution in [0.1, 0.15) is 0 Å². The topological polar surface area (TPSA) is 0 Å². The van der Waals surface area contributed by atoms with Crippen molar-refractivity contribution in [2.75, 3.05) is 0 Å². The average molecular weight is 508 g/mol. The molecule has 0 radical (unpaired) electrons. The van der Waals surface area contributed by atoms with E-state index in [1.165, 1.54) is 0 Å². The van der Waals surface area contributed by atoms with Crippen molar-refractivity contribution < 1.29 is 0 Å². The molecule has 0 aromatic heterocycles. The fraction of sp³-hybridized carbons (Fsp3) is 0.600. The van der Waals surface area contributed by atoms with Crippen LogP contribution in [-0.2, 0) is 0 Å². The van der Waals surface area contributed by atoms with Crippen molar-refractivity contribution in [1.29, 1.82) is 0 Å². The molecule has 5 heteroatoms. The second-order valence-electron chi connectivity index (χ2n) is 10.4. The molecule has 0 aromatic carbocycles. The zero-order valence-corrected chi connectivity index (χ0v) is 25.4. The molecule has 0 atom stereocenters. The predicted molar refractivity (Wildman–Crippen MR) is 130 cm³/mol. The van der Waals surface area contributed by atoms with Crippen LogP contribution in [-0.4, -0.2) is 50.7 Å². The Morgan fingerprint density at radius 3 is 0.960 bits per heavy atom. The van der Waals surface area contributed by atoms with Crippen molar-refractivity contribution in [2.24, 2.45) is 0 Å². The van der Waals surface area contributed by atoms with E-state index in [0.29, 0.717) is 0 Å². The third kappa shape index (κ3) is 14.7. The molecule has 0 aliphatic carbocycles. The van der Waals surface area contributed by atoms with E-state index in [1.54, 1.807) is 0 Å². The van der Waals surface area contributed by atoms with Gasteiger partial charge in [-0.25, -0.2) is 0 Å². The summed E-state index contributed by atoms with van der Waals surface area (Å²) in [6, 6.07) is 0. The first kappa shape index (κ1) is 24.9. The van der Waals surface area contributed by atoms with Crippen LogP contribution in [0.2, 0.25) is 75.3 Å². The summed E-state index contributed by atoms with van der Waals surface area (Å²) in [5.41, 5.74) is 21.3. The standard InChI is InChI=1S/2C9H15Si2.2CH3.Sn/c2*1-7-11(5,6)9-8-10(2,3)4;;;/h2*2-6H3;2*1H3;. The predicted octanol–water partition coefficient (Wildman–Crippen LogP) is 5.12. The summed E-state index contributed by atoms with van der Waals surface area (Å²) in [6.45, 7) is 22.8. The van der Waals surface area contributed by atoms with Crippen molar-refractivity contribution in [2.45, 2.75) is 75.3 Å². The first-order valence-electron chi connectivity index (χ1n) is 9.00. The summed E-state index contributed by atoms with van der Waals surface area (Å²) in [6.07, 6.45) is 0. The summed E-state index contributed by atoms with van der Waals surface area (Å²) in [4.78, 5) is 4.64. The Labute approximate surface area is 166 Å². The summed E-state index contributed by atoms with van der Waals surface area (Å²) < 4.78 is 7.25. The van der Waals surface area contributed by atoms with Gasteiger partial charge in [0.25, 0.3) is 0 Å². The molecule has 0 unspecified atom stereocenters. The maximum absolute atomic E-state index is 3.62. The Morgan fingerprint density at radius 2 is 0.720 bits per heavy atom. The van der Waals surface area contributed by atoms with Gasteiger partial charge in [0.1, 0.15) is 0 Å². The summed E-state index contributed by atoms with van der Waals surface area (Å²) in [7, 11) is -6.14. The molecule has 25 heavy (non-hydrogen) atoms. The van der Waals surface area contributed by atoms with Gasteiger partial charge in [0, 0.05) is 0 Å². The molecule has 0 aliphatic heterocycles. The van der Waals surface area contributed by atoms with E-state index in [-0.39, 0.29) is 0 Å². The summed E-state index contributed by atoms with van der Waals surface area (Å²) in [5, 5.41) is 0. The molecule has 0 aliphatic rings. The molecule has 0 aromatic rings. The quantitative estimate of drug-likeness (QED) is 0.316. The molecule has 136 valence electrons. The van der Waals surface area contributed by atoms with E-state index in [2.05, 4.69) is 116 Å². The van der Waals surface area contributed by atoms with Crippen LogP contribution in [0, 0.1) is 41.1 Å². The molecule has 0 saturated carbocycles. The minimum atomic E-state index is -2.63. The van der Waals surface area contributed by atoms with E-state index in [1.807, 2.05) is 0 Å². The number of hydrogen-bond acceptors (Lipinski definition) is 0. The average Bonchev–Trinajstić information content (AvgIpc) is 2.39. The van der Waals surface area contributed by atoms with Gasteiger partial charge in [-0.1, -0.05) is 0 Å². The van der Waals surface area contributed by atoms with E-state index < -0.39 is 50.7 Å². The monoisotopic (exact) mass is 508 g/mol.